The Balaban J connectivity index is 1.85. The smallest absolute Gasteiger partial charge is 0.213 e. The highest BCUT2D eigenvalue weighted by Gasteiger charge is 2.11. The molecule has 5 nitrogen and oxygen atoms in total. The van der Waals surface area contributed by atoms with Crippen molar-refractivity contribution < 1.29 is 4.74 Å². The Hall–Kier alpha value is -2.04. The average molecular weight is 260 g/mol. The first kappa shape index (κ1) is 13.4. The molecule has 0 atom stereocenters. The van der Waals surface area contributed by atoms with Crippen LogP contribution in [0.1, 0.15) is 18.5 Å². The van der Waals surface area contributed by atoms with E-state index in [1.165, 1.54) is 0 Å². The minimum Gasteiger partial charge on any atom is -0.481 e. The van der Waals surface area contributed by atoms with Gasteiger partial charge in [0.15, 0.2) is 5.96 Å². The number of nitrogens with one attached hydrogen (secondary N) is 2. The highest BCUT2D eigenvalue weighted by molar-refractivity contribution is 5.80. The molecule has 2 rings (SSSR count). The van der Waals surface area contributed by atoms with Gasteiger partial charge in [-0.05, 0) is 18.9 Å². The van der Waals surface area contributed by atoms with Gasteiger partial charge < -0.3 is 15.4 Å². The third-order valence-corrected chi connectivity index (χ3v) is 3.00. The fourth-order valence-corrected chi connectivity index (χ4v) is 1.97. The second-order valence-electron chi connectivity index (χ2n) is 4.38. The van der Waals surface area contributed by atoms with E-state index >= 15 is 0 Å². The van der Waals surface area contributed by atoms with E-state index in [0.29, 0.717) is 18.5 Å². The van der Waals surface area contributed by atoms with E-state index in [1.54, 1.807) is 14.2 Å². The molecule has 0 spiro atoms. The van der Waals surface area contributed by atoms with Crippen molar-refractivity contribution in [1.29, 1.82) is 0 Å². The molecule has 0 saturated heterocycles. The molecule has 1 aromatic rings. The van der Waals surface area contributed by atoms with Crippen molar-refractivity contribution in [3.8, 4) is 5.88 Å². The molecule has 0 bridgehead atoms. The molecule has 1 aliphatic rings. The van der Waals surface area contributed by atoms with Crippen molar-refractivity contribution in [1.82, 2.24) is 15.6 Å². The van der Waals surface area contributed by atoms with Gasteiger partial charge in [0, 0.05) is 19.2 Å². The molecule has 5 heteroatoms. The summed E-state index contributed by atoms with van der Waals surface area (Å²) in [6.07, 6.45) is 6.49. The first-order chi connectivity index (χ1) is 9.31. The van der Waals surface area contributed by atoms with Crippen LogP contribution in [0, 0.1) is 0 Å². The Bertz CT molecular complexity index is 462. The lowest BCUT2D eigenvalue weighted by Crippen LogP contribution is -2.42. The maximum atomic E-state index is 5.10. The molecule has 19 heavy (non-hydrogen) atoms. The number of hydrogen-bond acceptors (Lipinski definition) is 3. The van der Waals surface area contributed by atoms with Crippen LogP contribution >= 0.6 is 0 Å². The molecule has 1 aromatic heterocycles. The number of nitrogens with zero attached hydrogens (tertiary/aromatic N) is 2. The number of guanidine groups is 1. The van der Waals surface area contributed by atoms with Crippen LogP contribution in [0.5, 0.6) is 5.88 Å². The second kappa shape index (κ2) is 6.78. The van der Waals surface area contributed by atoms with Gasteiger partial charge in [0.1, 0.15) is 0 Å². The number of aromatic nitrogens is 1. The van der Waals surface area contributed by atoms with Crippen molar-refractivity contribution in [3.05, 3.63) is 36.0 Å². The molecule has 0 aliphatic heterocycles. The lowest BCUT2D eigenvalue weighted by molar-refractivity contribution is 0.396. The summed E-state index contributed by atoms with van der Waals surface area (Å²) in [5, 5.41) is 6.64. The van der Waals surface area contributed by atoms with Gasteiger partial charge >= 0.3 is 0 Å². The molecule has 0 radical (unpaired) electrons. The van der Waals surface area contributed by atoms with Gasteiger partial charge in [-0.3, -0.25) is 4.99 Å². The summed E-state index contributed by atoms with van der Waals surface area (Å²) in [6, 6.07) is 6.17. The molecule has 2 N–H and O–H groups in total. The number of ether oxygens (including phenoxy) is 1. The Labute approximate surface area is 113 Å². The maximum absolute atomic E-state index is 5.10. The van der Waals surface area contributed by atoms with Gasteiger partial charge in [0.25, 0.3) is 0 Å². The Morgan fingerprint density at radius 3 is 2.89 bits per heavy atom. The van der Waals surface area contributed by atoms with Crippen LogP contribution < -0.4 is 15.4 Å². The number of methoxy groups -OCH3 is 1. The van der Waals surface area contributed by atoms with E-state index in [1.807, 2.05) is 18.2 Å². The molecule has 0 amide bonds. The zero-order valence-electron chi connectivity index (χ0n) is 11.4. The molecular formula is C14H20N4O. The van der Waals surface area contributed by atoms with Crippen LogP contribution in [0.3, 0.4) is 0 Å². The van der Waals surface area contributed by atoms with E-state index in [9.17, 15) is 0 Å². The van der Waals surface area contributed by atoms with Crippen LogP contribution in [0.25, 0.3) is 0 Å². The first-order valence-electron chi connectivity index (χ1n) is 6.44. The van der Waals surface area contributed by atoms with E-state index in [-0.39, 0.29) is 0 Å². The normalized spacial score (nSPS) is 15.6. The quantitative estimate of drug-likeness (QED) is 0.489. The average Bonchev–Trinajstić information content (AvgIpc) is 2.96. The van der Waals surface area contributed by atoms with E-state index < -0.39 is 0 Å². The monoisotopic (exact) mass is 260 g/mol. The standard InChI is InChI=1S/C14H20N4O/c1-15-14(18-11-6-3-4-7-11)16-10-12-8-5-9-13(17-12)19-2/h3-5,8-9,11H,6-7,10H2,1-2H3,(H2,15,16,18). The lowest BCUT2D eigenvalue weighted by Gasteiger charge is -2.16. The van der Waals surface area contributed by atoms with E-state index in [0.717, 1.165) is 24.5 Å². The zero-order chi connectivity index (χ0) is 13.5. The largest absolute Gasteiger partial charge is 0.481 e. The summed E-state index contributed by atoms with van der Waals surface area (Å²) in [5.41, 5.74) is 0.923. The number of aliphatic imine (C=N–C) groups is 1. The van der Waals surface area contributed by atoms with Crippen LogP contribution in [0.4, 0.5) is 0 Å². The van der Waals surface area contributed by atoms with E-state index in [2.05, 4.69) is 32.8 Å². The molecule has 0 aromatic carbocycles. The predicted octanol–water partition coefficient (Wildman–Crippen LogP) is 1.47. The molecular weight excluding hydrogens is 240 g/mol. The van der Waals surface area contributed by atoms with Gasteiger partial charge in [-0.25, -0.2) is 4.98 Å². The molecule has 102 valence electrons. The van der Waals surface area contributed by atoms with Crippen molar-refractivity contribution in [2.45, 2.75) is 25.4 Å². The number of hydrogen-bond donors (Lipinski definition) is 2. The fourth-order valence-electron chi connectivity index (χ4n) is 1.97. The van der Waals surface area contributed by atoms with Crippen LogP contribution in [0.15, 0.2) is 35.3 Å². The molecule has 1 aliphatic carbocycles. The molecule has 0 unspecified atom stereocenters. The first-order valence-corrected chi connectivity index (χ1v) is 6.44. The summed E-state index contributed by atoms with van der Waals surface area (Å²) in [6.45, 7) is 0.622. The molecule has 0 saturated carbocycles. The summed E-state index contributed by atoms with van der Waals surface area (Å²) < 4.78 is 5.10. The Kier molecular flexibility index (Phi) is 4.78. The maximum Gasteiger partial charge on any atom is 0.213 e. The second-order valence-corrected chi connectivity index (χ2v) is 4.38. The van der Waals surface area contributed by atoms with Crippen molar-refractivity contribution in [2.75, 3.05) is 14.2 Å². The van der Waals surface area contributed by atoms with E-state index in [4.69, 9.17) is 4.74 Å². The van der Waals surface area contributed by atoms with Crippen LogP contribution in [-0.2, 0) is 6.54 Å². The third kappa shape index (κ3) is 3.98. The van der Waals surface area contributed by atoms with Crippen molar-refractivity contribution >= 4 is 5.96 Å². The lowest BCUT2D eigenvalue weighted by atomic mass is 10.2. The predicted molar refractivity (Wildman–Crippen MR) is 76.3 cm³/mol. The third-order valence-electron chi connectivity index (χ3n) is 3.00. The van der Waals surface area contributed by atoms with Crippen LogP contribution in [0.2, 0.25) is 0 Å². The number of pyridine rings is 1. The topological polar surface area (TPSA) is 58.5 Å². The van der Waals surface area contributed by atoms with Crippen LogP contribution in [-0.4, -0.2) is 31.1 Å². The van der Waals surface area contributed by atoms with Gasteiger partial charge in [0.2, 0.25) is 5.88 Å². The van der Waals surface area contributed by atoms with Gasteiger partial charge in [0.05, 0.1) is 19.3 Å². The SMILES string of the molecule is CN=C(NCc1cccc(OC)n1)NC1CC=CC1. The minimum atomic E-state index is 0.449. The summed E-state index contributed by atoms with van der Waals surface area (Å²) in [4.78, 5) is 8.57. The highest BCUT2D eigenvalue weighted by Crippen LogP contribution is 2.09. The van der Waals surface area contributed by atoms with Gasteiger partial charge in [-0.1, -0.05) is 18.2 Å². The Morgan fingerprint density at radius 2 is 2.21 bits per heavy atom. The van der Waals surface area contributed by atoms with Gasteiger partial charge in [-0.15, -0.1) is 0 Å². The van der Waals surface area contributed by atoms with Gasteiger partial charge in [-0.2, -0.15) is 0 Å². The molecule has 0 fully saturated rings. The summed E-state index contributed by atoms with van der Waals surface area (Å²) in [7, 11) is 3.39. The summed E-state index contributed by atoms with van der Waals surface area (Å²) >= 11 is 0. The summed E-state index contributed by atoms with van der Waals surface area (Å²) in [5.74, 6) is 1.43. The van der Waals surface area contributed by atoms with Crippen molar-refractivity contribution in [3.63, 3.8) is 0 Å². The minimum absolute atomic E-state index is 0.449. The van der Waals surface area contributed by atoms with Crippen molar-refractivity contribution in [2.24, 2.45) is 4.99 Å². The Morgan fingerprint density at radius 1 is 1.42 bits per heavy atom. The zero-order valence-corrected chi connectivity index (χ0v) is 11.4. The highest BCUT2D eigenvalue weighted by atomic mass is 16.5. The molecule has 1 heterocycles. The number of rotatable bonds is 4. The fraction of sp³-hybridized carbons (Fsp3) is 0.429.